The third kappa shape index (κ3) is 2.71. The van der Waals surface area contributed by atoms with E-state index in [1.807, 2.05) is 0 Å². The molecule has 2 nitrogen and oxygen atoms in total. The van der Waals surface area contributed by atoms with Crippen molar-refractivity contribution in [2.24, 2.45) is 5.92 Å². The summed E-state index contributed by atoms with van der Waals surface area (Å²) in [5, 5.41) is 3.67. The first-order valence-corrected chi connectivity index (χ1v) is 6.13. The molecule has 1 aliphatic carbocycles. The fraction of sp³-hybridized carbons (Fsp3) is 1.00. The van der Waals surface area contributed by atoms with E-state index < -0.39 is 0 Å². The molecule has 2 heteroatoms. The lowest BCUT2D eigenvalue weighted by atomic mass is 9.89. The zero-order valence-electron chi connectivity index (χ0n) is 9.46. The van der Waals surface area contributed by atoms with Gasteiger partial charge in [0.05, 0.1) is 12.2 Å². The number of ether oxygens (including phenoxy) is 1. The summed E-state index contributed by atoms with van der Waals surface area (Å²) in [7, 11) is 0. The second-order valence-corrected chi connectivity index (χ2v) is 5.13. The monoisotopic (exact) mass is 197 g/mol. The van der Waals surface area contributed by atoms with Gasteiger partial charge in [-0.15, -0.1) is 0 Å². The van der Waals surface area contributed by atoms with Crippen LogP contribution < -0.4 is 5.32 Å². The largest absolute Gasteiger partial charge is 0.376 e. The number of rotatable bonds is 3. The van der Waals surface area contributed by atoms with Gasteiger partial charge in [0, 0.05) is 6.04 Å². The van der Waals surface area contributed by atoms with Crippen molar-refractivity contribution in [3.63, 3.8) is 0 Å². The van der Waals surface area contributed by atoms with Crippen LogP contribution in [0.5, 0.6) is 0 Å². The van der Waals surface area contributed by atoms with E-state index in [-0.39, 0.29) is 0 Å². The second-order valence-electron chi connectivity index (χ2n) is 5.13. The standard InChI is InChI=1S/C12H23NO/c1-9-6-11(7-10(2)14-9)8-13-12-4-3-5-12/h9-13H,3-8H2,1-2H3. The first-order valence-electron chi connectivity index (χ1n) is 6.13. The first-order chi connectivity index (χ1) is 6.74. The Kier molecular flexibility index (Phi) is 3.45. The lowest BCUT2D eigenvalue weighted by molar-refractivity contribution is -0.0522. The van der Waals surface area contributed by atoms with Crippen LogP contribution in [0.1, 0.15) is 46.0 Å². The van der Waals surface area contributed by atoms with Crippen LogP contribution in [0.25, 0.3) is 0 Å². The molecule has 2 atom stereocenters. The minimum Gasteiger partial charge on any atom is -0.376 e. The second kappa shape index (κ2) is 4.63. The molecule has 2 rings (SSSR count). The summed E-state index contributed by atoms with van der Waals surface area (Å²) in [6, 6.07) is 0.837. The molecular formula is C12H23NO. The molecule has 2 fully saturated rings. The Morgan fingerprint density at radius 3 is 2.29 bits per heavy atom. The average Bonchev–Trinajstić information content (AvgIpc) is 1.99. The highest BCUT2D eigenvalue weighted by atomic mass is 16.5. The van der Waals surface area contributed by atoms with E-state index in [0.29, 0.717) is 12.2 Å². The predicted molar refractivity (Wildman–Crippen MR) is 58.4 cm³/mol. The molecule has 1 aliphatic heterocycles. The van der Waals surface area contributed by atoms with Gasteiger partial charge in [0.1, 0.15) is 0 Å². The smallest absolute Gasteiger partial charge is 0.0553 e. The van der Waals surface area contributed by atoms with Crippen LogP contribution in [0.4, 0.5) is 0 Å². The topological polar surface area (TPSA) is 21.3 Å². The molecule has 1 heterocycles. The molecule has 1 N–H and O–H groups in total. The highest BCUT2D eigenvalue weighted by molar-refractivity contribution is 4.80. The molecule has 0 aromatic rings. The molecule has 1 saturated heterocycles. The fourth-order valence-electron chi connectivity index (χ4n) is 2.66. The summed E-state index contributed by atoms with van der Waals surface area (Å²) in [5.41, 5.74) is 0. The van der Waals surface area contributed by atoms with Crippen molar-refractivity contribution in [2.45, 2.75) is 64.2 Å². The summed E-state index contributed by atoms with van der Waals surface area (Å²) in [6.07, 6.45) is 7.63. The summed E-state index contributed by atoms with van der Waals surface area (Å²) >= 11 is 0. The Balaban J connectivity index is 1.68. The number of hydrogen-bond acceptors (Lipinski definition) is 2. The van der Waals surface area contributed by atoms with Gasteiger partial charge in [-0.3, -0.25) is 0 Å². The van der Waals surface area contributed by atoms with Crippen molar-refractivity contribution in [3.8, 4) is 0 Å². The lowest BCUT2D eigenvalue weighted by Gasteiger charge is -2.34. The van der Waals surface area contributed by atoms with Gasteiger partial charge in [-0.2, -0.15) is 0 Å². The van der Waals surface area contributed by atoms with Gasteiger partial charge in [0.25, 0.3) is 0 Å². The van der Waals surface area contributed by atoms with Crippen LogP contribution in [0, 0.1) is 5.92 Å². The van der Waals surface area contributed by atoms with Gasteiger partial charge < -0.3 is 10.1 Å². The summed E-state index contributed by atoms with van der Waals surface area (Å²) in [6.45, 7) is 5.61. The zero-order chi connectivity index (χ0) is 9.97. The van der Waals surface area contributed by atoms with Crippen LogP contribution in [-0.2, 0) is 4.74 Å². The van der Waals surface area contributed by atoms with Gasteiger partial charge in [-0.25, -0.2) is 0 Å². The van der Waals surface area contributed by atoms with E-state index in [1.165, 1.54) is 38.6 Å². The fourth-order valence-corrected chi connectivity index (χ4v) is 2.66. The van der Waals surface area contributed by atoms with E-state index in [9.17, 15) is 0 Å². The lowest BCUT2D eigenvalue weighted by Crippen LogP contribution is -2.41. The molecular weight excluding hydrogens is 174 g/mol. The normalized spacial score (nSPS) is 39.4. The van der Waals surface area contributed by atoms with Crippen LogP contribution in [0.2, 0.25) is 0 Å². The molecule has 2 unspecified atom stereocenters. The Hall–Kier alpha value is -0.0800. The summed E-state index contributed by atoms with van der Waals surface area (Å²) < 4.78 is 5.74. The molecule has 0 aromatic carbocycles. The van der Waals surface area contributed by atoms with E-state index >= 15 is 0 Å². The SMILES string of the molecule is CC1CC(CNC2CCC2)CC(C)O1. The summed E-state index contributed by atoms with van der Waals surface area (Å²) in [4.78, 5) is 0. The summed E-state index contributed by atoms with van der Waals surface area (Å²) in [5.74, 6) is 0.842. The van der Waals surface area contributed by atoms with Crippen LogP contribution in [0.15, 0.2) is 0 Å². The maximum atomic E-state index is 5.74. The molecule has 14 heavy (non-hydrogen) atoms. The van der Waals surface area contributed by atoms with Crippen LogP contribution in [-0.4, -0.2) is 24.8 Å². The van der Waals surface area contributed by atoms with Crippen molar-refractivity contribution in [1.29, 1.82) is 0 Å². The van der Waals surface area contributed by atoms with E-state index in [2.05, 4.69) is 19.2 Å². The third-order valence-corrected chi connectivity index (χ3v) is 3.60. The van der Waals surface area contributed by atoms with Gasteiger partial charge in [0.2, 0.25) is 0 Å². The Morgan fingerprint density at radius 2 is 1.79 bits per heavy atom. The van der Waals surface area contributed by atoms with Gasteiger partial charge in [-0.05, 0) is 52.0 Å². The van der Waals surface area contributed by atoms with Gasteiger partial charge in [-0.1, -0.05) is 6.42 Å². The minimum atomic E-state index is 0.465. The average molecular weight is 197 g/mol. The maximum absolute atomic E-state index is 5.74. The molecule has 82 valence electrons. The Labute approximate surface area is 87.4 Å². The van der Waals surface area contributed by atoms with E-state index in [4.69, 9.17) is 4.74 Å². The van der Waals surface area contributed by atoms with Crippen LogP contribution >= 0.6 is 0 Å². The first kappa shape index (κ1) is 10.4. The van der Waals surface area contributed by atoms with Crippen molar-refractivity contribution < 1.29 is 4.74 Å². The highest BCUT2D eigenvalue weighted by Gasteiger charge is 2.25. The minimum absolute atomic E-state index is 0.465. The van der Waals surface area contributed by atoms with Crippen molar-refractivity contribution >= 4 is 0 Å². The van der Waals surface area contributed by atoms with Crippen molar-refractivity contribution in [3.05, 3.63) is 0 Å². The third-order valence-electron chi connectivity index (χ3n) is 3.60. The van der Waals surface area contributed by atoms with Crippen LogP contribution in [0.3, 0.4) is 0 Å². The molecule has 1 saturated carbocycles. The molecule has 0 radical (unpaired) electrons. The van der Waals surface area contributed by atoms with Crippen molar-refractivity contribution in [1.82, 2.24) is 5.32 Å². The number of nitrogens with one attached hydrogen (secondary N) is 1. The predicted octanol–water partition coefficient (Wildman–Crippen LogP) is 2.33. The van der Waals surface area contributed by atoms with Gasteiger partial charge >= 0.3 is 0 Å². The quantitative estimate of drug-likeness (QED) is 0.750. The highest BCUT2D eigenvalue weighted by Crippen LogP contribution is 2.25. The Morgan fingerprint density at radius 1 is 1.14 bits per heavy atom. The number of hydrogen-bond donors (Lipinski definition) is 1. The molecule has 0 spiro atoms. The zero-order valence-corrected chi connectivity index (χ0v) is 9.46. The molecule has 0 amide bonds. The Bertz CT molecular complexity index is 169. The molecule has 0 bridgehead atoms. The van der Waals surface area contributed by atoms with Crippen molar-refractivity contribution in [2.75, 3.05) is 6.54 Å². The van der Waals surface area contributed by atoms with Gasteiger partial charge in [0.15, 0.2) is 0 Å². The maximum Gasteiger partial charge on any atom is 0.0553 e. The van der Waals surface area contributed by atoms with E-state index in [1.54, 1.807) is 0 Å². The molecule has 0 aromatic heterocycles. The molecule has 2 aliphatic rings. The van der Waals surface area contributed by atoms with E-state index in [0.717, 1.165) is 12.0 Å².